The Morgan fingerprint density at radius 1 is 1.47 bits per heavy atom. The molecular formula is C14H22N4O. The number of carbonyl (C=O) groups is 1. The number of hydrogen-bond acceptors (Lipinski definition) is 4. The van der Waals surface area contributed by atoms with Gasteiger partial charge in [-0.25, -0.2) is 0 Å². The number of primary amides is 1. The molecule has 1 aliphatic rings. The standard InChI is InChI=1S/C14H22N4O/c1-17-8-4-5-10(9-17)18(2)13-11(14(16)19)6-3-7-12(13)15/h3,6-7,10H,4-5,8-9,15H2,1-2H3,(H2,16,19). The summed E-state index contributed by atoms with van der Waals surface area (Å²) in [6.07, 6.45) is 2.26. The van der Waals surface area contributed by atoms with E-state index < -0.39 is 5.91 Å². The number of likely N-dealkylation sites (tertiary alicyclic amines) is 1. The van der Waals surface area contributed by atoms with Crippen molar-refractivity contribution < 1.29 is 4.79 Å². The van der Waals surface area contributed by atoms with Crippen LogP contribution in [0.5, 0.6) is 0 Å². The van der Waals surface area contributed by atoms with E-state index in [0.29, 0.717) is 17.3 Å². The number of hydrogen-bond donors (Lipinski definition) is 2. The fourth-order valence-electron chi connectivity index (χ4n) is 2.79. The Morgan fingerprint density at radius 3 is 2.84 bits per heavy atom. The van der Waals surface area contributed by atoms with Gasteiger partial charge in [-0.1, -0.05) is 6.07 Å². The zero-order valence-corrected chi connectivity index (χ0v) is 11.6. The molecule has 1 aliphatic heterocycles. The van der Waals surface area contributed by atoms with Gasteiger partial charge in [0.25, 0.3) is 5.91 Å². The number of carbonyl (C=O) groups excluding carboxylic acids is 1. The van der Waals surface area contributed by atoms with Crippen LogP contribution in [0.4, 0.5) is 11.4 Å². The van der Waals surface area contributed by atoms with Crippen LogP contribution in [0.2, 0.25) is 0 Å². The second-order valence-electron chi connectivity index (χ2n) is 5.28. The summed E-state index contributed by atoms with van der Waals surface area (Å²) in [6.45, 7) is 2.10. The first-order valence-electron chi connectivity index (χ1n) is 6.60. The van der Waals surface area contributed by atoms with Crippen molar-refractivity contribution in [1.82, 2.24) is 4.90 Å². The average Bonchev–Trinajstić information content (AvgIpc) is 2.37. The molecule has 5 nitrogen and oxygen atoms in total. The van der Waals surface area contributed by atoms with Crippen LogP contribution in [0.15, 0.2) is 18.2 Å². The quantitative estimate of drug-likeness (QED) is 0.794. The largest absolute Gasteiger partial charge is 0.397 e. The third-order valence-electron chi connectivity index (χ3n) is 3.83. The van der Waals surface area contributed by atoms with Crippen LogP contribution in [-0.2, 0) is 0 Å². The van der Waals surface area contributed by atoms with E-state index in [1.807, 2.05) is 13.1 Å². The number of amides is 1. The van der Waals surface area contributed by atoms with Crippen LogP contribution in [0.25, 0.3) is 0 Å². The topological polar surface area (TPSA) is 75.6 Å². The smallest absolute Gasteiger partial charge is 0.250 e. The Balaban J connectivity index is 2.32. The number of benzene rings is 1. The SMILES string of the molecule is CN1CCCC(N(C)c2c(N)cccc2C(N)=O)C1. The summed E-state index contributed by atoms with van der Waals surface area (Å²) in [5, 5.41) is 0. The molecule has 1 saturated heterocycles. The van der Waals surface area contributed by atoms with Crippen molar-refractivity contribution in [3.8, 4) is 0 Å². The van der Waals surface area contributed by atoms with Gasteiger partial charge >= 0.3 is 0 Å². The summed E-state index contributed by atoms with van der Waals surface area (Å²) in [7, 11) is 4.10. The van der Waals surface area contributed by atoms with Crippen LogP contribution in [0.3, 0.4) is 0 Å². The minimum atomic E-state index is -0.432. The molecule has 0 spiro atoms. The lowest BCUT2D eigenvalue weighted by Crippen LogP contribution is -2.45. The molecule has 1 aromatic rings. The Morgan fingerprint density at radius 2 is 2.21 bits per heavy atom. The molecular weight excluding hydrogens is 240 g/mol. The van der Waals surface area contributed by atoms with E-state index in [2.05, 4.69) is 16.8 Å². The van der Waals surface area contributed by atoms with Crippen molar-refractivity contribution in [3.63, 3.8) is 0 Å². The monoisotopic (exact) mass is 262 g/mol. The van der Waals surface area contributed by atoms with E-state index in [-0.39, 0.29) is 0 Å². The van der Waals surface area contributed by atoms with Crippen molar-refractivity contribution in [2.24, 2.45) is 5.73 Å². The molecule has 0 aromatic heterocycles. The Bertz CT molecular complexity index is 475. The molecule has 1 unspecified atom stereocenters. The molecule has 0 aliphatic carbocycles. The molecule has 4 N–H and O–H groups in total. The van der Waals surface area contributed by atoms with Gasteiger partial charge < -0.3 is 21.3 Å². The zero-order valence-electron chi connectivity index (χ0n) is 11.6. The summed E-state index contributed by atoms with van der Waals surface area (Å²) in [5.74, 6) is -0.432. The highest BCUT2D eigenvalue weighted by molar-refractivity contribution is 6.01. The molecule has 104 valence electrons. The van der Waals surface area contributed by atoms with Crippen LogP contribution in [0, 0.1) is 0 Å². The third kappa shape index (κ3) is 2.81. The second kappa shape index (κ2) is 5.48. The van der Waals surface area contributed by atoms with Crippen LogP contribution in [0.1, 0.15) is 23.2 Å². The lowest BCUT2D eigenvalue weighted by molar-refractivity contribution is 0.100. The van der Waals surface area contributed by atoms with E-state index >= 15 is 0 Å². The first kappa shape index (κ1) is 13.7. The van der Waals surface area contributed by atoms with Gasteiger partial charge in [0.15, 0.2) is 0 Å². The first-order valence-corrected chi connectivity index (χ1v) is 6.60. The van der Waals surface area contributed by atoms with E-state index in [4.69, 9.17) is 11.5 Å². The summed E-state index contributed by atoms with van der Waals surface area (Å²) in [4.78, 5) is 16.0. The zero-order chi connectivity index (χ0) is 14.0. The Labute approximate surface area is 114 Å². The second-order valence-corrected chi connectivity index (χ2v) is 5.28. The molecule has 1 heterocycles. The van der Waals surface area contributed by atoms with E-state index in [0.717, 1.165) is 31.6 Å². The Hall–Kier alpha value is -1.75. The lowest BCUT2D eigenvalue weighted by Gasteiger charge is -2.38. The molecule has 5 heteroatoms. The van der Waals surface area contributed by atoms with Crippen molar-refractivity contribution >= 4 is 17.3 Å². The molecule has 2 rings (SSSR count). The van der Waals surface area contributed by atoms with Gasteiger partial charge in [0.05, 0.1) is 16.9 Å². The fraction of sp³-hybridized carbons (Fsp3) is 0.500. The van der Waals surface area contributed by atoms with Gasteiger partial charge in [-0.3, -0.25) is 4.79 Å². The summed E-state index contributed by atoms with van der Waals surface area (Å²) in [5.41, 5.74) is 13.3. The maximum Gasteiger partial charge on any atom is 0.250 e. The van der Waals surface area contributed by atoms with Gasteiger partial charge in [-0.2, -0.15) is 0 Å². The third-order valence-corrected chi connectivity index (χ3v) is 3.83. The van der Waals surface area contributed by atoms with E-state index in [1.165, 1.54) is 0 Å². The highest BCUT2D eigenvalue weighted by atomic mass is 16.1. The van der Waals surface area contributed by atoms with Crippen molar-refractivity contribution in [1.29, 1.82) is 0 Å². The Kier molecular flexibility index (Phi) is 3.95. The molecule has 19 heavy (non-hydrogen) atoms. The van der Waals surface area contributed by atoms with Gasteiger partial charge in [-0.15, -0.1) is 0 Å². The number of piperidine rings is 1. The van der Waals surface area contributed by atoms with Crippen LogP contribution in [-0.4, -0.2) is 44.0 Å². The molecule has 1 aromatic carbocycles. The minimum absolute atomic E-state index is 0.363. The number of nitrogens with zero attached hydrogens (tertiary/aromatic N) is 2. The number of nitrogens with two attached hydrogens (primary N) is 2. The molecule has 0 saturated carbocycles. The molecule has 1 amide bonds. The van der Waals surface area contributed by atoms with Crippen LogP contribution >= 0.6 is 0 Å². The molecule has 0 bridgehead atoms. The summed E-state index contributed by atoms with van der Waals surface area (Å²) in [6, 6.07) is 5.67. The first-order chi connectivity index (χ1) is 9.00. The maximum absolute atomic E-state index is 11.6. The van der Waals surface area contributed by atoms with E-state index in [9.17, 15) is 4.79 Å². The number of nitrogen functional groups attached to an aromatic ring is 1. The maximum atomic E-state index is 11.6. The van der Waals surface area contributed by atoms with Crippen LogP contribution < -0.4 is 16.4 Å². The van der Waals surface area contributed by atoms with E-state index in [1.54, 1.807) is 12.1 Å². The highest BCUT2D eigenvalue weighted by Crippen LogP contribution is 2.30. The van der Waals surface area contributed by atoms with Crippen molar-refractivity contribution in [2.75, 3.05) is 37.8 Å². The fourth-order valence-corrected chi connectivity index (χ4v) is 2.79. The molecule has 0 radical (unpaired) electrons. The van der Waals surface area contributed by atoms with Gasteiger partial charge in [0.2, 0.25) is 0 Å². The summed E-state index contributed by atoms with van der Waals surface area (Å²) >= 11 is 0. The number of likely N-dealkylation sites (N-methyl/N-ethyl adjacent to an activating group) is 2. The molecule has 1 fully saturated rings. The van der Waals surface area contributed by atoms with Gasteiger partial charge in [-0.05, 0) is 38.6 Å². The number of para-hydroxylation sites is 1. The predicted molar refractivity (Wildman–Crippen MR) is 78.3 cm³/mol. The number of anilines is 2. The van der Waals surface area contributed by atoms with Crippen molar-refractivity contribution in [3.05, 3.63) is 23.8 Å². The highest BCUT2D eigenvalue weighted by Gasteiger charge is 2.25. The van der Waals surface area contributed by atoms with Gasteiger partial charge in [0, 0.05) is 19.6 Å². The summed E-state index contributed by atoms with van der Waals surface area (Å²) < 4.78 is 0. The lowest BCUT2D eigenvalue weighted by atomic mass is 10.0. The number of rotatable bonds is 3. The van der Waals surface area contributed by atoms with Crippen molar-refractivity contribution in [2.45, 2.75) is 18.9 Å². The normalized spacial score (nSPS) is 20.2. The molecule has 1 atom stereocenters. The average molecular weight is 262 g/mol. The predicted octanol–water partition coefficient (Wildman–Crippen LogP) is 0.898. The minimum Gasteiger partial charge on any atom is -0.397 e. The van der Waals surface area contributed by atoms with Gasteiger partial charge in [0.1, 0.15) is 0 Å².